The van der Waals surface area contributed by atoms with Gasteiger partial charge in [-0.2, -0.15) is 0 Å². The lowest BCUT2D eigenvalue weighted by Gasteiger charge is -2.13. The minimum absolute atomic E-state index is 0.0123. The second-order valence-electron chi connectivity index (χ2n) is 4.47. The number of halogens is 1. The fourth-order valence-electron chi connectivity index (χ4n) is 1.68. The third-order valence-electron chi connectivity index (χ3n) is 2.91. The van der Waals surface area contributed by atoms with Crippen LogP contribution in [0.4, 0.5) is 5.82 Å². The molecule has 0 bridgehead atoms. The van der Waals surface area contributed by atoms with Gasteiger partial charge >= 0.3 is 0 Å². The minimum Gasteiger partial charge on any atom is -0.478 e. The van der Waals surface area contributed by atoms with Gasteiger partial charge in [0.05, 0.1) is 18.5 Å². The van der Waals surface area contributed by atoms with Gasteiger partial charge in [-0.15, -0.1) is 12.6 Å². The predicted octanol–water partition coefficient (Wildman–Crippen LogP) is 2.84. The van der Waals surface area contributed by atoms with Crippen LogP contribution in [-0.4, -0.2) is 25.5 Å². The molecule has 0 atom stereocenters. The van der Waals surface area contributed by atoms with Gasteiger partial charge in [0.1, 0.15) is 4.90 Å². The Kier molecular flexibility index (Phi) is 4.84. The number of hydrogen-bond donors (Lipinski definition) is 2. The average Bonchev–Trinajstić information content (AvgIpc) is 2.44. The quantitative estimate of drug-likeness (QED) is 0.820. The molecule has 0 unspecified atom stereocenters. The summed E-state index contributed by atoms with van der Waals surface area (Å²) in [6.45, 7) is 3.48. The highest BCUT2D eigenvalue weighted by atomic mass is 35.5. The van der Waals surface area contributed by atoms with Crippen LogP contribution in [0.1, 0.15) is 11.4 Å². The van der Waals surface area contributed by atoms with Crippen LogP contribution in [0.15, 0.2) is 28.0 Å². The number of aryl methyl sites for hydroxylation is 2. The van der Waals surface area contributed by atoms with Crippen LogP contribution in [0.25, 0.3) is 0 Å². The summed E-state index contributed by atoms with van der Waals surface area (Å²) in [6.07, 6.45) is 0. The Morgan fingerprint density at radius 2 is 1.86 bits per heavy atom. The third kappa shape index (κ3) is 3.45. The molecule has 1 aromatic heterocycles. The number of thiol groups is 1. The molecule has 0 aliphatic carbocycles. The van der Waals surface area contributed by atoms with E-state index in [0.29, 0.717) is 11.4 Å². The summed E-state index contributed by atoms with van der Waals surface area (Å²) in [6, 6.07) is 4.37. The van der Waals surface area contributed by atoms with Crippen molar-refractivity contribution in [2.45, 2.75) is 23.6 Å². The molecule has 0 fully saturated rings. The molecule has 1 aromatic carbocycles. The van der Waals surface area contributed by atoms with E-state index in [1.54, 1.807) is 19.9 Å². The van der Waals surface area contributed by atoms with E-state index in [2.05, 4.69) is 27.3 Å². The molecular weight excluding hydrogens is 346 g/mol. The Morgan fingerprint density at radius 1 is 1.23 bits per heavy atom. The van der Waals surface area contributed by atoms with Gasteiger partial charge in [-0.3, -0.25) is 4.72 Å². The van der Waals surface area contributed by atoms with Gasteiger partial charge in [0, 0.05) is 9.92 Å². The zero-order valence-corrected chi connectivity index (χ0v) is 14.6. The Bertz CT molecular complexity index is 826. The lowest BCUT2D eigenvalue weighted by atomic mass is 10.3. The van der Waals surface area contributed by atoms with Crippen molar-refractivity contribution in [3.05, 3.63) is 34.6 Å². The van der Waals surface area contributed by atoms with Crippen LogP contribution < -0.4 is 9.46 Å². The molecular formula is C13H14ClN3O3S2. The predicted molar refractivity (Wildman–Crippen MR) is 87.6 cm³/mol. The molecule has 0 saturated carbocycles. The molecule has 2 rings (SSSR count). The zero-order valence-electron chi connectivity index (χ0n) is 12.1. The number of nitrogens with one attached hydrogen (secondary N) is 1. The maximum absolute atomic E-state index is 12.5. The van der Waals surface area contributed by atoms with Crippen molar-refractivity contribution in [3.63, 3.8) is 0 Å². The van der Waals surface area contributed by atoms with Crippen molar-refractivity contribution < 1.29 is 13.2 Å². The highest BCUT2D eigenvalue weighted by Crippen LogP contribution is 2.28. The first-order chi connectivity index (χ1) is 10.2. The average molecular weight is 360 g/mol. The number of methoxy groups -OCH3 is 1. The third-order valence-corrected chi connectivity index (χ3v) is 5.07. The van der Waals surface area contributed by atoms with E-state index in [9.17, 15) is 8.42 Å². The molecule has 1 heterocycles. The van der Waals surface area contributed by atoms with E-state index < -0.39 is 10.0 Å². The standard InChI is InChI=1S/C13H14ClN3O3S2/c1-7-8(2)16-13(20-3)12(15-7)17-22(18,19)11-6-9(14)4-5-10(11)21/h4-6,21H,1-3H3,(H,15,17). The number of anilines is 1. The number of benzene rings is 1. The largest absolute Gasteiger partial charge is 0.478 e. The summed E-state index contributed by atoms with van der Waals surface area (Å²) >= 11 is 10.00. The molecule has 6 nitrogen and oxygen atoms in total. The fourth-order valence-corrected chi connectivity index (χ4v) is 3.54. The van der Waals surface area contributed by atoms with E-state index in [1.807, 2.05) is 0 Å². The van der Waals surface area contributed by atoms with Gasteiger partial charge in [0.15, 0.2) is 0 Å². The van der Waals surface area contributed by atoms with Gasteiger partial charge in [-0.25, -0.2) is 18.4 Å². The Balaban J connectivity index is 2.49. The van der Waals surface area contributed by atoms with Crippen molar-refractivity contribution in [3.8, 4) is 5.88 Å². The molecule has 0 spiro atoms. The van der Waals surface area contributed by atoms with Crippen molar-refractivity contribution in [1.82, 2.24) is 9.97 Å². The molecule has 22 heavy (non-hydrogen) atoms. The molecule has 0 aliphatic rings. The Morgan fingerprint density at radius 3 is 2.50 bits per heavy atom. The molecule has 1 N–H and O–H groups in total. The first-order valence-corrected chi connectivity index (χ1v) is 8.46. The fraction of sp³-hybridized carbons (Fsp3) is 0.231. The highest BCUT2D eigenvalue weighted by molar-refractivity contribution is 7.93. The SMILES string of the molecule is COc1nc(C)c(C)nc1NS(=O)(=O)c1cc(Cl)ccc1S. The molecule has 0 amide bonds. The van der Waals surface area contributed by atoms with Crippen molar-refractivity contribution >= 4 is 40.1 Å². The van der Waals surface area contributed by atoms with Crippen LogP contribution in [-0.2, 0) is 10.0 Å². The first-order valence-electron chi connectivity index (χ1n) is 6.15. The Labute approximate surface area is 139 Å². The van der Waals surface area contributed by atoms with Gasteiger partial charge < -0.3 is 4.74 Å². The number of rotatable bonds is 4. The molecule has 0 aliphatic heterocycles. The molecule has 9 heteroatoms. The van der Waals surface area contributed by atoms with E-state index in [1.165, 1.54) is 19.2 Å². The molecule has 118 valence electrons. The summed E-state index contributed by atoms with van der Waals surface area (Å²) in [5.74, 6) is 0.104. The maximum atomic E-state index is 12.5. The summed E-state index contributed by atoms with van der Waals surface area (Å²) in [5, 5.41) is 0.288. The number of sulfonamides is 1. The van der Waals surface area contributed by atoms with Gasteiger partial charge in [-0.1, -0.05) is 11.6 Å². The van der Waals surface area contributed by atoms with Crippen molar-refractivity contribution in [2.24, 2.45) is 0 Å². The zero-order chi connectivity index (χ0) is 16.5. The number of ether oxygens (including phenoxy) is 1. The molecule has 0 radical (unpaired) electrons. The van der Waals surface area contributed by atoms with Gasteiger partial charge in [0.25, 0.3) is 15.9 Å². The van der Waals surface area contributed by atoms with Crippen LogP contribution in [0.5, 0.6) is 5.88 Å². The lowest BCUT2D eigenvalue weighted by molar-refractivity contribution is 0.397. The van der Waals surface area contributed by atoms with Crippen LogP contribution >= 0.6 is 24.2 Å². The minimum atomic E-state index is -3.92. The number of hydrogen-bond acceptors (Lipinski definition) is 6. The molecule has 0 saturated heterocycles. The van der Waals surface area contributed by atoms with Crippen molar-refractivity contribution in [1.29, 1.82) is 0 Å². The monoisotopic (exact) mass is 359 g/mol. The van der Waals surface area contributed by atoms with E-state index >= 15 is 0 Å². The van der Waals surface area contributed by atoms with Crippen LogP contribution in [0, 0.1) is 13.8 Å². The maximum Gasteiger partial charge on any atom is 0.264 e. The summed E-state index contributed by atoms with van der Waals surface area (Å²) in [7, 11) is -2.53. The topological polar surface area (TPSA) is 81.2 Å². The van der Waals surface area contributed by atoms with E-state index in [0.717, 1.165) is 0 Å². The second kappa shape index (κ2) is 6.31. The van der Waals surface area contributed by atoms with E-state index in [4.69, 9.17) is 16.3 Å². The number of nitrogens with zero attached hydrogens (tertiary/aromatic N) is 2. The summed E-state index contributed by atoms with van der Waals surface area (Å²) in [5.41, 5.74) is 1.24. The number of aromatic nitrogens is 2. The molecule has 2 aromatic rings. The Hall–Kier alpha value is -1.51. The van der Waals surface area contributed by atoms with Crippen molar-refractivity contribution in [2.75, 3.05) is 11.8 Å². The lowest BCUT2D eigenvalue weighted by Crippen LogP contribution is -2.16. The second-order valence-corrected chi connectivity index (χ2v) is 7.04. The normalized spacial score (nSPS) is 11.3. The highest BCUT2D eigenvalue weighted by Gasteiger charge is 2.21. The first kappa shape index (κ1) is 16.9. The smallest absolute Gasteiger partial charge is 0.264 e. The van der Waals surface area contributed by atoms with Crippen LogP contribution in [0.3, 0.4) is 0 Å². The van der Waals surface area contributed by atoms with E-state index in [-0.39, 0.29) is 26.5 Å². The van der Waals surface area contributed by atoms with Gasteiger partial charge in [-0.05, 0) is 32.0 Å². The summed E-state index contributed by atoms with van der Waals surface area (Å²) in [4.78, 5) is 8.54. The van der Waals surface area contributed by atoms with Gasteiger partial charge in [0.2, 0.25) is 5.82 Å². The summed E-state index contributed by atoms with van der Waals surface area (Å²) < 4.78 is 32.4. The van der Waals surface area contributed by atoms with Crippen LogP contribution in [0.2, 0.25) is 5.02 Å².